The fourth-order valence-corrected chi connectivity index (χ4v) is 3.76. The van der Waals surface area contributed by atoms with Crippen molar-refractivity contribution >= 4 is 5.91 Å². The Labute approximate surface area is 182 Å². The first-order chi connectivity index (χ1) is 15.2. The summed E-state index contributed by atoms with van der Waals surface area (Å²) in [5.41, 5.74) is 2.11. The molecule has 3 aromatic rings. The Morgan fingerprint density at radius 2 is 1.74 bits per heavy atom. The van der Waals surface area contributed by atoms with Crippen LogP contribution >= 0.6 is 0 Å². The Hall–Kier alpha value is -3.26. The second-order valence-corrected chi connectivity index (χ2v) is 7.58. The maximum absolute atomic E-state index is 12.6. The van der Waals surface area contributed by atoms with Gasteiger partial charge < -0.3 is 9.64 Å². The summed E-state index contributed by atoms with van der Waals surface area (Å²) in [4.78, 5) is 16.8. The minimum Gasteiger partial charge on any atom is -0.494 e. The van der Waals surface area contributed by atoms with Gasteiger partial charge >= 0.3 is 0 Å². The highest BCUT2D eigenvalue weighted by Crippen LogP contribution is 2.16. The molecule has 1 fully saturated rings. The molecule has 1 aliphatic heterocycles. The third-order valence-electron chi connectivity index (χ3n) is 5.49. The largest absolute Gasteiger partial charge is 0.494 e. The second kappa shape index (κ2) is 10.2. The molecule has 0 spiro atoms. The van der Waals surface area contributed by atoms with Gasteiger partial charge in [0.25, 0.3) is 0 Å². The highest BCUT2D eigenvalue weighted by atomic mass is 16.5. The number of nitrogens with zero attached hydrogens (tertiary/aromatic N) is 6. The van der Waals surface area contributed by atoms with Crippen LogP contribution in [0.2, 0.25) is 0 Å². The Morgan fingerprint density at radius 3 is 2.45 bits per heavy atom. The van der Waals surface area contributed by atoms with Crippen molar-refractivity contribution in [3.05, 3.63) is 66.0 Å². The van der Waals surface area contributed by atoms with Crippen molar-refractivity contribution in [2.75, 3.05) is 32.8 Å². The Kier molecular flexibility index (Phi) is 6.89. The van der Waals surface area contributed by atoms with Gasteiger partial charge in [0.2, 0.25) is 5.91 Å². The van der Waals surface area contributed by atoms with Crippen molar-refractivity contribution in [3.8, 4) is 11.4 Å². The molecule has 4 rings (SSSR count). The standard InChI is InChI=1S/C23H28N6O2/c1-2-31-21-11-9-20(10-12-21)29-22(24-25-26-29)18-27-14-16-28(17-15-27)23(30)13-8-19-6-4-3-5-7-19/h3-7,9-12H,2,8,13-18H2,1H3. The third-order valence-corrected chi connectivity index (χ3v) is 5.49. The number of benzene rings is 2. The maximum atomic E-state index is 12.6. The molecular weight excluding hydrogens is 392 g/mol. The molecule has 0 unspecified atom stereocenters. The minimum absolute atomic E-state index is 0.225. The minimum atomic E-state index is 0.225. The monoisotopic (exact) mass is 420 g/mol. The zero-order valence-electron chi connectivity index (χ0n) is 17.9. The van der Waals surface area contributed by atoms with E-state index in [2.05, 4.69) is 32.6 Å². The van der Waals surface area contributed by atoms with E-state index in [0.717, 1.165) is 49.9 Å². The van der Waals surface area contributed by atoms with Crippen LogP contribution in [0.1, 0.15) is 24.7 Å². The first kappa shape index (κ1) is 21.0. The lowest BCUT2D eigenvalue weighted by Gasteiger charge is -2.34. The number of piperazine rings is 1. The molecule has 1 saturated heterocycles. The van der Waals surface area contributed by atoms with Crippen LogP contribution in [0, 0.1) is 0 Å². The van der Waals surface area contributed by atoms with Crippen molar-refractivity contribution in [2.24, 2.45) is 0 Å². The van der Waals surface area contributed by atoms with Gasteiger partial charge in [0, 0.05) is 32.6 Å². The first-order valence-corrected chi connectivity index (χ1v) is 10.8. The lowest BCUT2D eigenvalue weighted by molar-refractivity contribution is -0.133. The van der Waals surface area contributed by atoms with E-state index in [-0.39, 0.29) is 5.91 Å². The zero-order valence-corrected chi connectivity index (χ0v) is 17.9. The van der Waals surface area contributed by atoms with Gasteiger partial charge in [-0.15, -0.1) is 5.10 Å². The summed E-state index contributed by atoms with van der Waals surface area (Å²) in [6.45, 7) is 6.34. The summed E-state index contributed by atoms with van der Waals surface area (Å²) in [7, 11) is 0. The van der Waals surface area contributed by atoms with Crippen LogP contribution in [0.5, 0.6) is 5.75 Å². The molecule has 0 saturated carbocycles. The highest BCUT2D eigenvalue weighted by Gasteiger charge is 2.22. The van der Waals surface area contributed by atoms with Gasteiger partial charge in [-0.2, -0.15) is 4.68 Å². The molecule has 0 bridgehead atoms. The number of carbonyl (C=O) groups is 1. The van der Waals surface area contributed by atoms with E-state index >= 15 is 0 Å². The summed E-state index contributed by atoms with van der Waals surface area (Å²) in [6, 6.07) is 17.9. The number of aromatic nitrogens is 4. The van der Waals surface area contributed by atoms with E-state index in [1.54, 1.807) is 4.68 Å². The lowest BCUT2D eigenvalue weighted by Crippen LogP contribution is -2.48. The maximum Gasteiger partial charge on any atom is 0.222 e. The number of carbonyl (C=O) groups excluding carboxylic acids is 1. The predicted molar refractivity (Wildman–Crippen MR) is 117 cm³/mol. The molecule has 2 aromatic carbocycles. The number of hydrogen-bond acceptors (Lipinski definition) is 6. The number of rotatable bonds is 8. The van der Waals surface area contributed by atoms with Crippen LogP contribution in [0.3, 0.4) is 0 Å². The summed E-state index contributed by atoms with van der Waals surface area (Å²) in [6.07, 6.45) is 1.34. The van der Waals surface area contributed by atoms with E-state index in [1.807, 2.05) is 54.3 Å². The van der Waals surface area contributed by atoms with E-state index < -0.39 is 0 Å². The SMILES string of the molecule is CCOc1ccc(-n2nnnc2CN2CCN(C(=O)CCc3ccccc3)CC2)cc1. The molecule has 1 amide bonds. The number of aryl methyl sites for hydroxylation is 1. The molecular formula is C23H28N6O2. The summed E-state index contributed by atoms with van der Waals surface area (Å²) >= 11 is 0. The molecule has 8 heteroatoms. The van der Waals surface area contributed by atoms with Gasteiger partial charge in [-0.3, -0.25) is 9.69 Å². The average molecular weight is 421 g/mol. The molecule has 2 heterocycles. The van der Waals surface area contributed by atoms with E-state index in [4.69, 9.17) is 4.74 Å². The molecule has 0 atom stereocenters. The second-order valence-electron chi connectivity index (χ2n) is 7.58. The predicted octanol–water partition coefficient (Wildman–Crippen LogP) is 2.34. The van der Waals surface area contributed by atoms with Gasteiger partial charge in [-0.05, 0) is 53.6 Å². The van der Waals surface area contributed by atoms with Crippen LogP contribution < -0.4 is 4.74 Å². The molecule has 1 aromatic heterocycles. The van der Waals surface area contributed by atoms with E-state index in [9.17, 15) is 4.79 Å². The van der Waals surface area contributed by atoms with Crippen molar-refractivity contribution in [3.63, 3.8) is 0 Å². The molecule has 0 aliphatic carbocycles. The first-order valence-electron chi connectivity index (χ1n) is 10.8. The fraction of sp³-hybridized carbons (Fsp3) is 0.391. The van der Waals surface area contributed by atoms with Crippen LogP contribution in [0.4, 0.5) is 0 Å². The van der Waals surface area contributed by atoms with Crippen LogP contribution in [-0.2, 0) is 17.8 Å². The van der Waals surface area contributed by atoms with Crippen molar-refractivity contribution in [2.45, 2.75) is 26.3 Å². The Balaban J connectivity index is 1.28. The average Bonchev–Trinajstić information content (AvgIpc) is 3.27. The lowest BCUT2D eigenvalue weighted by atomic mass is 10.1. The molecule has 162 valence electrons. The van der Waals surface area contributed by atoms with E-state index in [0.29, 0.717) is 19.6 Å². The van der Waals surface area contributed by atoms with Gasteiger partial charge in [-0.25, -0.2) is 0 Å². The van der Waals surface area contributed by atoms with Crippen molar-refractivity contribution in [1.82, 2.24) is 30.0 Å². The summed E-state index contributed by atoms with van der Waals surface area (Å²) in [5, 5.41) is 12.2. The fourth-order valence-electron chi connectivity index (χ4n) is 3.76. The quantitative estimate of drug-likeness (QED) is 0.557. The van der Waals surface area contributed by atoms with E-state index in [1.165, 1.54) is 5.56 Å². The molecule has 0 N–H and O–H groups in total. The van der Waals surface area contributed by atoms with Crippen LogP contribution in [0.15, 0.2) is 54.6 Å². The molecule has 8 nitrogen and oxygen atoms in total. The Bertz CT molecular complexity index is 965. The number of ether oxygens (including phenoxy) is 1. The molecule has 31 heavy (non-hydrogen) atoms. The van der Waals surface area contributed by atoms with Crippen LogP contribution in [0.25, 0.3) is 5.69 Å². The summed E-state index contributed by atoms with van der Waals surface area (Å²) < 4.78 is 7.26. The third kappa shape index (κ3) is 5.46. The van der Waals surface area contributed by atoms with Crippen molar-refractivity contribution in [1.29, 1.82) is 0 Å². The number of hydrogen-bond donors (Lipinski definition) is 0. The summed E-state index contributed by atoms with van der Waals surface area (Å²) in [5.74, 6) is 1.84. The smallest absolute Gasteiger partial charge is 0.222 e. The molecule has 0 radical (unpaired) electrons. The normalized spacial score (nSPS) is 14.5. The van der Waals surface area contributed by atoms with Crippen LogP contribution in [-0.4, -0.2) is 68.7 Å². The topological polar surface area (TPSA) is 76.4 Å². The van der Waals surface area contributed by atoms with Gasteiger partial charge in [0.15, 0.2) is 5.82 Å². The highest BCUT2D eigenvalue weighted by molar-refractivity contribution is 5.76. The van der Waals surface area contributed by atoms with Gasteiger partial charge in [-0.1, -0.05) is 30.3 Å². The number of tetrazole rings is 1. The Morgan fingerprint density at radius 1 is 1.00 bits per heavy atom. The van der Waals surface area contributed by atoms with Gasteiger partial charge in [0.05, 0.1) is 18.8 Å². The van der Waals surface area contributed by atoms with Gasteiger partial charge in [0.1, 0.15) is 5.75 Å². The van der Waals surface area contributed by atoms with Crippen molar-refractivity contribution < 1.29 is 9.53 Å². The molecule has 1 aliphatic rings. The number of amides is 1. The zero-order chi connectivity index (χ0) is 21.5.